The van der Waals surface area contributed by atoms with E-state index in [1.165, 1.54) is 57.7 Å². The number of nitrogens with one attached hydrogen (secondary N) is 1. The highest BCUT2D eigenvalue weighted by Gasteiger charge is 2.53. The van der Waals surface area contributed by atoms with Crippen molar-refractivity contribution in [3.05, 3.63) is 17.0 Å². The van der Waals surface area contributed by atoms with Gasteiger partial charge in [-0.1, -0.05) is 5.16 Å². The van der Waals surface area contributed by atoms with Gasteiger partial charge in [-0.2, -0.15) is 0 Å². The maximum atomic E-state index is 5.37. The molecule has 1 aliphatic carbocycles. The zero-order valence-corrected chi connectivity index (χ0v) is 17.5. The van der Waals surface area contributed by atoms with E-state index in [-0.39, 0.29) is 24.8 Å². The molecule has 5 heterocycles. The molecule has 1 unspecified atom stereocenters. The van der Waals surface area contributed by atoms with Crippen LogP contribution >= 0.6 is 24.8 Å². The Hall–Kier alpha value is -0.330. The minimum atomic E-state index is 0. The molecule has 5 nitrogen and oxygen atoms in total. The molecule has 148 valence electrons. The van der Waals surface area contributed by atoms with Crippen molar-refractivity contribution < 1.29 is 4.52 Å². The molecule has 0 spiro atoms. The summed E-state index contributed by atoms with van der Waals surface area (Å²) in [6.45, 7) is 12.8. The largest absolute Gasteiger partial charge is 0.361 e. The van der Waals surface area contributed by atoms with Crippen LogP contribution in [0.3, 0.4) is 0 Å². The summed E-state index contributed by atoms with van der Waals surface area (Å²) in [7, 11) is 0. The number of halogens is 2. The first-order valence-corrected chi connectivity index (χ1v) is 9.78. The lowest BCUT2D eigenvalue weighted by molar-refractivity contribution is 0.120. The van der Waals surface area contributed by atoms with Crippen molar-refractivity contribution in [2.75, 3.05) is 39.3 Å². The van der Waals surface area contributed by atoms with E-state index >= 15 is 0 Å². The van der Waals surface area contributed by atoms with E-state index in [4.69, 9.17) is 4.52 Å². The van der Waals surface area contributed by atoms with Crippen LogP contribution in [0.1, 0.15) is 29.9 Å². The lowest BCUT2D eigenvalue weighted by Gasteiger charge is -2.36. The highest BCUT2D eigenvalue weighted by molar-refractivity contribution is 5.85. The van der Waals surface area contributed by atoms with Gasteiger partial charge in [-0.3, -0.25) is 9.80 Å². The van der Waals surface area contributed by atoms with Crippen molar-refractivity contribution in [3.8, 4) is 0 Å². The van der Waals surface area contributed by atoms with Crippen LogP contribution in [0.2, 0.25) is 0 Å². The van der Waals surface area contributed by atoms with Crippen molar-refractivity contribution >= 4 is 24.8 Å². The summed E-state index contributed by atoms with van der Waals surface area (Å²) in [5.41, 5.74) is 2.38. The summed E-state index contributed by atoms with van der Waals surface area (Å²) in [6.07, 6.45) is 2.81. The van der Waals surface area contributed by atoms with Gasteiger partial charge in [0.05, 0.1) is 5.69 Å². The van der Waals surface area contributed by atoms with E-state index in [0.29, 0.717) is 0 Å². The van der Waals surface area contributed by atoms with E-state index in [1.54, 1.807) is 0 Å². The molecule has 7 heteroatoms. The maximum Gasteiger partial charge on any atom is 0.138 e. The van der Waals surface area contributed by atoms with Crippen molar-refractivity contribution in [1.82, 2.24) is 20.3 Å². The van der Waals surface area contributed by atoms with Gasteiger partial charge in [0.25, 0.3) is 0 Å². The fraction of sp³-hybridized carbons (Fsp3) is 0.842. The number of fused-ring (bicyclic) bond motifs is 5. The Labute approximate surface area is 169 Å². The highest BCUT2D eigenvalue weighted by atomic mass is 35.5. The number of piperidine rings is 2. The first-order valence-electron chi connectivity index (χ1n) is 9.78. The Morgan fingerprint density at radius 2 is 1.85 bits per heavy atom. The van der Waals surface area contributed by atoms with Crippen molar-refractivity contribution in [3.63, 3.8) is 0 Å². The fourth-order valence-corrected chi connectivity index (χ4v) is 5.67. The third kappa shape index (κ3) is 3.66. The fourth-order valence-electron chi connectivity index (χ4n) is 5.67. The average molecular weight is 403 g/mol. The summed E-state index contributed by atoms with van der Waals surface area (Å²) in [5.74, 6) is 4.82. The van der Waals surface area contributed by atoms with Gasteiger partial charge in [0.1, 0.15) is 5.76 Å². The van der Waals surface area contributed by atoms with Gasteiger partial charge in [0.15, 0.2) is 0 Å². The van der Waals surface area contributed by atoms with Crippen molar-refractivity contribution in [2.45, 2.75) is 39.3 Å². The lowest BCUT2D eigenvalue weighted by Crippen LogP contribution is -2.45. The number of nitrogens with zero attached hydrogens (tertiary/aromatic N) is 3. The maximum absolute atomic E-state index is 5.37. The molecule has 0 amide bonds. The van der Waals surface area contributed by atoms with Gasteiger partial charge >= 0.3 is 0 Å². The predicted octanol–water partition coefficient (Wildman–Crippen LogP) is 2.50. The van der Waals surface area contributed by atoms with E-state index in [9.17, 15) is 0 Å². The Morgan fingerprint density at radius 1 is 1.08 bits per heavy atom. The Morgan fingerprint density at radius 3 is 2.54 bits per heavy atom. The zero-order valence-electron chi connectivity index (χ0n) is 15.8. The van der Waals surface area contributed by atoms with Gasteiger partial charge < -0.3 is 9.84 Å². The summed E-state index contributed by atoms with van der Waals surface area (Å²) in [6, 6.07) is 0.763. The molecule has 1 N–H and O–H groups in total. The van der Waals surface area contributed by atoms with Crippen LogP contribution in [0.25, 0.3) is 0 Å². The molecule has 5 aliphatic rings. The minimum Gasteiger partial charge on any atom is -0.361 e. The van der Waals surface area contributed by atoms with Crippen LogP contribution in [-0.4, -0.2) is 60.3 Å². The molecule has 4 aliphatic heterocycles. The molecule has 26 heavy (non-hydrogen) atoms. The Kier molecular flexibility index (Phi) is 6.25. The standard InChI is InChI=1S/C19H30N4O.2ClH/c1-12-18(13(2)24-21-12)10-22-7-14-3-4-15(9-22)23(8-14)11-19-16-5-20-6-17(16)19;;/h14-17,19-20H,3-11H2,1-2H3;2*1H/t14-,15+,16-,17+,19?;;/m0../s1. The van der Waals surface area contributed by atoms with E-state index in [2.05, 4.69) is 27.2 Å². The van der Waals surface area contributed by atoms with Gasteiger partial charge in [0, 0.05) is 44.3 Å². The molecule has 0 aromatic carbocycles. The molecule has 5 fully saturated rings. The third-order valence-electron chi connectivity index (χ3n) is 7.18. The van der Waals surface area contributed by atoms with Gasteiger partial charge in [-0.05, 0) is 63.5 Å². The lowest BCUT2D eigenvalue weighted by atomic mass is 9.94. The number of hydrogen-bond acceptors (Lipinski definition) is 5. The van der Waals surface area contributed by atoms with Crippen LogP contribution in [0, 0.1) is 37.5 Å². The minimum absolute atomic E-state index is 0. The molecular formula is C19H32Cl2N4O. The van der Waals surface area contributed by atoms with E-state index in [0.717, 1.165) is 47.7 Å². The van der Waals surface area contributed by atoms with Crippen LogP contribution in [0.15, 0.2) is 4.52 Å². The second kappa shape index (κ2) is 7.96. The van der Waals surface area contributed by atoms with Crippen LogP contribution < -0.4 is 5.32 Å². The summed E-state index contributed by atoms with van der Waals surface area (Å²) in [5, 5.41) is 7.67. The number of aromatic nitrogens is 1. The van der Waals surface area contributed by atoms with E-state index < -0.39 is 0 Å². The second-order valence-electron chi connectivity index (χ2n) is 8.70. The topological polar surface area (TPSA) is 44.5 Å². The molecule has 1 aromatic heterocycles. The van der Waals surface area contributed by atoms with E-state index in [1.807, 2.05) is 6.92 Å². The van der Waals surface area contributed by atoms with Crippen LogP contribution in [0.4, 0.5) is 0 Å². The molecule has 0 radical (unpaired) electrons. The number of aryl methyl sites for hydroxylation is 2. The van der Waals surface area contributed by atoms with Gasteiger partial charge in [0.2, 0.25) is 0 Å². The summed E-state index contributed by atoms with van der Waals surface area (Å²) >= 11 is 0. The van der Waals surface area contributed by atoms with Gasteiger partial charge in [-0.25, -0.2) is 0 Å². The summed E-state index contributed by atoms with van der Waals surface area (Å²) in [4.78, 5) is 5.52. The predicted molar refractivity (Wildman–Crippen MR) is 107 cm³/mol. The van der Waals surface area contributed by atoms with Crippen molar-refractivity contribution in [1.29, 1.82) is 0 Å². The zero-order chi connectivity index (χ0) is 16.3. The van der Waals surface area contributed by atoms with Crippen molar-refractivity contribution in [2.24, 2.45) is 23.7 Å². The molecule has 1 aromatic rings. The molecule has 2 bridgehead atoms. The molecule has 1 saturated carbocycles. The highest BCUT2D eigenvalue weighted by Crippen LogP contribution is 2.49. The Bertz CT molecular complexity index is 595. The number of hydrogen-bond donors (Lipinski definition) is 1. The molecule has 6 rings (SSSR count). The van der Waals surface area contributed by atoms with Crippen LogP contribution in [-0.2, 0) is 6.54 Å². The SMILES string of the molecule is Cc1noc(C)c1CN1C[C@@H]2CC[C@H](C1)N(CC1[C@H]3CNC[C@@H]13)C2.Cl.Cl. The molecule has 5 atom stereocenters. The summed E-state index contributed by atoms with van der Waals surface area (Å²) < 4.78 is 5.37. The molecular weight excluding hydrogens is 371 g/mol. The third-order valence-corrected chi connectivity index (χ3v) is 7.18. The average Bonchev–Trinajstić information content (AvgIpc) is 2.95. The molecule has 4 saturated heterocycles. The quantitative estimate of drug-likeness (QED) is 0.837. The van der Waals surface area contributed by atoms with Crippen LogP contribution in [0.5, 0.6) is 0 Å². The number of rotatable bonds is 4. The smallest absolute Gasteiger partial charge is 0.138 e. The second-order valence-corrected chi connectivity index (χ2v) is 8.70. The first kappa shape index (κ1) is 20.4. The normalized spacial score (nSPS) is 36.2. The first-order chi connectivity index (χ1) is 11.7. The Balaban J connectivity index is 0.000000980. The van der Waals surface area contributed by atoms with Gasteiger partial charge in [-0.15, -0.1) is 24.8 Å². The monoisotopic (exact) mass is 402 g/mol.